The molecule has 0 amide bonds. The topological polar surface area (TPSA) is 48.8 Å². The second kappa shape index (κ2) is 10.1. The van der Waals surface area contributed by atoms with Crippen LogP contribution in [0.5, 0.6) is 0 Å². The van der Waals surface area contributed by atoms with E-state index in [9.17, 15) is 0 Å². The molecule has 226 valence electrons. The third kappa shape index (κ3) is 3.68. The van der Waals surface area contributed by atoms with E-state index < -0.39 is 0 Å². The number of aromatic nitrogens is 3. The minimum atomic E-state index is 0.903. The molecule has 0 aliphatic heterocycles. The zero-order valence-corrected chi connectivity index (χ0v) is 26.4. The average Bonchev–Trinajstić information content (AvgIpc) is 3.74. The first-order valence-electron chi connectivity index (χ1n) is 16.4. The van der Waals surface area contributed by atoms with Crippen molar-refractivity contribution in [3.63, 3.8) is 0 Å². The number of nitrogens with two attached hydrogens (primary N) is 1. The van der Waals surface area contributed by atoms with Crippen LogP contribution < -0.4 is 5.73 Å². The zero-order valence-electron chi connectivity index (χ0n) is 26.4. The third-order valence-electron chi connectivity index (χ3n) is 10.1. The van der Waals surface area contributed by atoms with Gasteiger partial charge >= 0.3 is 0 Å². The van der Waals surface area contributed by atoms with Gasteiger partial charge in [0.05, 0.1) is 27.6 Å². The van der Waals surface area contributed by atoms with Crippen LogP contribution in [0.1, 0.15) is 18.1 Å². The molecule has 4 heteroatoms. The standard InChI is InChI=1S/C44H30N4/c1-27-31(22-23-45)37-26-43(46-38-15-9-14-32(27)44(37)38)48-40-17-8-6-13-34(40)36-24-28(19-21-41(36)48)29-18-20-35-33-12-5-7-16-39(33)47(42(35)25-29)30-10-3-2-4-11-30/h2-26H,45H2,1H3/b23-22-. The lowest BCUT2D eigenvalue weighted by molar-refractivity contribution is 1.10. The van der Waals surface area contributed by atoms with Gasteiger partial charge in [-0.1, -0.05) is 84.9 Å². The SMILES string of the molecule is CC1=C(/C=C\N)c2cc(-n3c4ccccc4c4cc(-c5ccc6c7ccccc7n(-c7ccccc7)c6c5)ccc43)nc3cccc1c23. The van der Waals surface area contributed by atoms with Crippen LogP contribution in [-0.2, 0) is 0 Å². The second-order valence-electron chi connectivity index (χ2n) is 12.6. The van der Waals surface area contributed by atoms with E-state index in [-0.39, 0.29) is 0 Å². The van der Waals surface area contributed by atoms with Crippen molar-refractivity contribution in [3.8, 4) is 22.6 Å². The number of pyridine rings is 1. The molecule has 9 aromatic rings. The molecule has 3 heterocycles. The molecule has 0 saturated carbocycles. The molecular weight excluding hydrogens is 585 g/mol. The molecule has 1 aliphatic carbocycles. The van der Waals surface area contributed by atoms with E-state index in [1.165, 1.54) is 65.8 Å². The van der Waals surface area contributed by atoms with E-state index in [0.717, 1.165) is 33.6 Å². The number of para-hydroxylation sites is 3. The summed E-state index contributed by atoms with van der Waals surface area (Å²) in [5.41, 5.74) is 19.9. The summed E-state index contributed by atoms with van der Waals surface area (Å²) in [5.74, 6) is 0.903. The Morgan fingerprint density at radius 1 is 0.542 bits per heavy atom. The van der Waals surface area contributed by atoms with Crippen LogP contribution in [0.25, 0.3) is 88.3 Å². The normalized spacial score (nSPS) is 13.0. The van der Waals surface area contributed by atoms with Crippen molar-refractivity contribution in [1.29, 1.82) is 0 Å². The fourth-order valence-corrected chi connectivity index (χ4v) is 7.98. The highest BCUT2D eigenvalue weighted by atomic mass is 15.1. The number of fused-ring (bicyclic) bond motifs is 6. The maximum atomic E-state index is 5.93. The Morgan fingerprint density at radius 3 is 2.02 bits per heavy atom. The maximum Gasteiger partial charge on any atom is 0.138 e. The number of benzene rings is 6. The molecule has 0 saturated heterocycles. The first-order chi connectivity index (χ1) is 23.7. The highest BCUT2D eigenvalue weighted by molar-refractivity contribution is 6.16. The summed E-state index contributed by atoms with van der Waals surface area (Å²) < 4.78 is 4.69. The first kappa shape index (κ1) is 26.8. The predicted molar refractivity (Wildman–Crippen MR) is 202 cm³/mol. The van der Waals surface area contributed by atoms with Crippen molar-refractivity contribution >= 4 is 65.7 Å². The van der Waals surface area contributed by atoms with Gasteiger partial charge < -0.3 is 10.3 Å². The van der Waals surface area contributed by atoms with Gasteiger partial charge in [-0.15, -0.1) is 0 Å². The van der Waals surface area contributed by atoms with Crippen LogP contribution >= 0.6 is 0 Å². The number of hydrogen-bond acceptors (Lipinski definition) is 2. The number of allylic oxidation sites excluding steroid dienone is 3. The summed E-state index contributed by atoms with van der Waals surface area (Å²) in [5, 5.41) is 6.11. The smallest absolute Gasteiger partial charge is 0.138 e. The number of hydrogen-bond donors (Lipinski definition) is 1. The summed E-state index contributed by atoms with van der Waals surface area (Å²) >= 11 is 0. The van der Waals surface area contributed by atoms with Gasteiger partial charge in [-0.2, -0.15) is 0 Å². The van der Waals surface area contributed by atoms with Gasteiger partial charge in [0.2, 0.25) is 0 Å². The lowest BCUT2D eigenvalue weighted by Gasteiger charge is -2.12. The molecule has 0 unspecified atom stereocenters. The van der Waals surface area contributed by atoms with Crippen molar-refractivity contribution in [2.75, 3.05) is 0 Å². The quantitative estimate of drug-likeness (QED) is 0.214. The van der Waals surface area contributed by atoms with Gasteiger partial charge in [-0.25, -0.2) is 4.98 Å². The summed E-state index contributed by atoms with van der Waals surface area (Å²) in [6, 6.07) is 50.3. The minimum Gasteiger partial charge on any atom is -0.405 e. The van der Waals surface area contributed by atoms with Gasteiger partial charge in [0.25, 0.3) is 0 Å². The molecule has 4 nitrogen and oxygen atoms in total. The van der Waals surface area contributed by atoms with Crippen molar-refractivity contribution in [3.05, 3.63) is 163 Å². The average molecular weight is 615 g/mol. The van der Waals surface area contributed by atoms with E-state index in [0.29, 0.717) is 0 Å². The summed E-state index contributed by atoms with van der Waals surface area (Å²) in [6.45, 7) is 2.17. The van der Waals surface area contributed by atoms with Crippen molar-refractivity contribution in [1.82, 2.24) is 14.1 Å². The van der Waals surface area contributed by atoms with Crippen molar-refractivity contribution in [2.24, 2.45) is 5.73 Å². The van der Waals surface area contributed by atoms with Crippen LogP contribution in [0, 0.1) is 0 Å². The predicted octanol–water partition coefficient (Wildman–Crippen LogP) is 10.8. The molecule has 2 N–H and O–H groups in total. The molecule has 6 aromatic carbocycles. The molecule has 0 atom stereocenters. The lowest BCUT2D eigenvalue weighted by Crippen LogP contribution is -1.99. The Labute approximate surface area is 277 Å². The summed E-state index contributed by atoms with van der Waals surface area (Å²) in [6.07, 6.45) is 3.65. The Bertz CT molecular complexity index is 2850. The second-order valence-corrected chi connectivity index (χ2v) is 12.6. The van der Waals surface area contributed by atoms with Crippen molar-refractivity contribution < 1.29 is 0 Å². The number of nitrogens with zero attached hydrogens (tertiary/aromatic N) is 3. The summed E-state index contributed by atoms with van der Waals surface area (Å²) in [7, 11) is 0. The lowest BCUT2D eigenvalue weighted by atomic mass is 10.0. The van der Waals surface area contributed by atoms with Gasteiger partial charge in [0.1, 0.15) is 5.82 Å². The monoisotopic (exact) mass is 614 g/mol. The Morgan fingerprint density at radius 2 is 1.21 bits per heavy atom. The first-order valence-corrected chi connectivity index (χ1v) is 16.4. The van der Waals surface area contributed by atoms with Crippen molar-refractivity contribution in [2.45, 2.75) is 6.92 Å². The van der Waals surface area contributed by atoms with Crippen LogP contribution in [0.2, 0.25) is 0 Å². The molecule has 3 aromatic heterocycles. The fraction of sp³-hybridized carbons (Fsp3) is 0.0227. The molecule has 1 aliphatic rings. The molecule has 0 radical (unpaired) electrons. The van der Waals surface area contributed by atoms with Crippen LogP contribution in [-0.4, -0.2) is 14.1 Å². The zero-order chi connectivity index (χ0) is 31.9. The highest BCUT2D eigenvalue weighted by Gasteiger charge is 2.23. The molecule has 48 heavy (non-hydrogen) atoms. The highest BCUT2D eigenvalue weighted by Crippen LogP contribution is 2.44. The maximum absolute atomic E-state index is 5.93. The Hall–Kier alpha value is -6.39. The third-order valence-corrected chi connectivity index (χ3v) is 10.1. The van der Waals surface area contributed by atoms with E-state index in [2.05, 4.69) is 156 Å². The van der Waals surface area contributed by atoms with Gasteiger partial charge in [0.15, 0.2) is 0 Å². The molecule has 10 rings (SSSR count). The van der Waals surface area contributed by atoms with Gasteiger partial charge in [-0.3, -0.25) is 4.57 Å². The van der Waals surface area contributed by atoms with E-state index in [1.807, 2.05) is 6.08 Å². The van der Waals surface area contributed by atoms with Gasteiger partial charge in [-0.05, 0) is 107 Å². The molecule has 0 fully saturated rings. The molecule has 0 bridgehead atoms. The van der Waals surface area contributed by atoms with E-state index in [1.54, 1.807) is 6.20 Å². The Kier molecular flexibility index (Phi) is 5.61. The molecule has 0 spiro atoms. The van der Waals surface area contributed by atoms with E-state index in [4.69, 9.17) is 10.7 Å². The van der Waals surface area contributed by atoms with Crippen LogP contribution in [0.4, 0.5) is 0 Å². The Balaban J connectivity index is 1.19. The molecular formula is C44H30N4. The van der Waals surface area contributed by atoms with Crippen LogP contribution in [0.15, 0.2) is 152 Å². The number of rotatable bonds is 4. The summed E-state index contributed by atoms with van der Waals surface area (Å²) in [4.78, 5) is 5.26. The largest absolute Gasteiger partial charge is 0.405 e. The van der Waals surface area contributed by atoms with E-state index >= 15 is 0 Å². The van der Waals surface area contributed by atoms with Gasteiger partial charge in [0, 0.05) is 32.6 Å². The fourth-order valence-electron chi connectivity index (χ4n) is 7.98. The minimum absolute atomic E-state index is 0.903. The van der Waals surface area contributed by atoms with Crippen LogP contribution in [0.3, 0.4) is 0 Å².